The largest absolute Gasteiger partial charge is 0.346 e. The van der Waals surface area contributed by atoms with E-state index in [1.807, 2.05) is 18.9 Å². The summed E-state index contributed by atoms with van der Waals surface area (Å²) in [4.78, 5) is 13.2. The van der Waals surface area contributed by atoms with Gasteiger partial charge in [0, 0.05) is 20.0 Å². The molecule has 13 heavy (non-hydrogen) atoms. The molecule has 2 nitrogen and oxygen atoms in total. The van der Waals surface area contributed by atoms with Crippen LogP contribution in [-0.2, 0) is 4.79 Å². The standard InChI is InChI=1S/C11H23NO/c1-6-7-10(13)12(5)9-8-11(2,3)4/h6-9H2,1-5H3. The van der Waals surface area contributed by atoms with E-state index in [0.29, 0.717) is 11.8 Å². The molecule has 78 valence electrons. The van der Waals surface area contributed by atoms with Crippen LogP contribution in [-0.4, -0.2) is 24.4 Å². The minimum Gasteiger partial charge on any atom is -0.346 e. The molecule has 0 N–H and O–H groups in total. The highest BCUT2D eigenvalue weighted by molar-refractivity contribution is 5.75. The second-order valence-corrected chi connectivity index (χ2v) is 4.88. The molecule has 0 fully saturated rings. The molecule has 0 atom stereocenters. The Bertz CT molecular complexity index is 158. The normalized spacial score (nSPS) is 11.5. The van der Waals surface area contributed by atoms with Crippen molar-refractivity contribution in [1.82, 2.24) is 4.90 Å². The lowest BCUT2D eigenvalue weighted by Gasteiger charge is -2.23. The van der Waals surface area contributed by atoms with Crippen LogP contribution < -0.4 is 0 Å². The summed E-state index contributed by atoms with van der Waals surface area (Å²) < 4.78 is 0. The first-order chi connectivity index (χ1) is 5.87. The van der Waals surface area contributed by atoms with Crippen molar-refractivity contribution < 1.29 is 4.79 Å². The third-order valence-electron chi connectivity index (χ3n) is 2.09. The number of rotatable bonds is 4. The van der Waals surface area contributed by atoms with Crippen LogP contribution in [0.1, 0.15) is 47.0 Å². The van der Waals surface area contributed by atoms with Gasteiger partial charge in [-0.15, -0.1) is 0 Å². The summed E-state index contributed by atoms with van der Waals surface area (Å²) in [5.74, 6) is 0.270. The molecule has 0 saturated heterocycles. The van der Waals surface area contributed by atoms with Crippen LogP contribution in [0.2, 0.25) is 0 Å². The maximum absolute atomic E-state index is 11.4. The average molecular weight is 185 g/mol. The van der Waals surface area contributed by atoms with Crippen LogP contribution >= 0.6 is 0 Å². The van der Waals surface area contributed by atoms with E-state index >= 15 is 0 Å². The molecule has 0 saturated carbocycles. The SMILES string of the molecule is CCCC(=O)N(C)CCC(C)(C)C. The summed E-state index contributed by atoms with van der Waals surface area (Å²) in [5, 5.41) is 0. The van der Waals surface area contributed by atoms with Gasteiger partial charge in [-0.2, -0.15) is 0 Å². The molecule has 0 aliphatic carbocycles. The van der Waals surface area contributed by atoms with E-state index in [-0.39, 0.29) is 5.91 Å². The van der Waals surface area contributed by atoms with E-state index in [9.17, 15) is 4.79 Å². The second kappa shape index (κ2) is 5.25. The van der Waals surface area contributed by atoms with E-state index in [4.69, 9.17) is 0 Å². The van der Waals surface area contributed by atoms with Crippen molar-refractivity contribution in [2.24, 2.45) is 5.41 Å². The fourth-order valence-corrected chi connectivity index (χ4v) is 1.03. The van der Waals surface area contributed by atoms with Crippen molar-refractivity contribution in [2.75, 3.05) is 13.6 Å². The smallest absolute Gasteiger partial charge is 0.222 e. The van der Waals surface area contributed by atoms with Crippen LogP contribution in [0.15, 0.2) is 0 Å². The lowest BCUT2D eigenvalue weighted by Crippen LogP contribution is -2.29. The van der Waals surface area contributed by atoms with Crippen LogP contribution in [0.3, 0.4) is 0 Å². The van der Waals surface area contributed by atoms with Crippen molar-refractivity contribution in [2.45, 2.75) is 47.0 Å². The Kier molecular flexibility index (Phi) is 5.04. The first-order valence-electron chi connectivity index (χ1n) is 5.11. The minimum absolute atomic E-state index is 0.270. The lowest BCUT2D eigenvalue weighted by molar-refractivity contribution is -0.130. The predicted octanol–water partition coefficient (Wildman–Crippen LogP) is 2.68. The van der Waals surface area contributed by atoms with Crippen molar-refractivity contribution in [3.63, 3.8) is 0 Å². The molecular formula is C11H23NO. The maximum atomic E-state index is 11.4. The summed E-state index contributed by atoms with van der Waals surface area (Å²) in [6.07, 6.45) is 2.69. The molecule has 0 rings (SSSR count). The van der Waals surface area contributed by atoms with E-state index in [1.165, 1.54) is 0 Å². The van der Waals surface area contributed by atoms with E-state index in [2.05, 4.69) is 20.8 Å². The molecule has 1 amide bonds. The maximum Gasteiger partial charge on any atom is 0.222 e. The molecule has 0 spiro atoms. The third kappa shape index (κ3) is 6.62. The molecular weight excluding hydrogens is 162 g/mol. The van der Waals surface area contributed by atoms with E-state index in [0.717, 1.165) is 19.4 Å². The molecule has 0 aliphatic heterocycles. The average Bonchev–Trinajstić information content (AvgIpc) is 1.99. The summed E-state index contributed by atoms with van der Waals surface area (Å²) in [6.45, 7) is 9.51. The van der Waals surface area contributed by atoms with Crippen LogP contribution in [0.5, 0.6) is 0 Å². The van der Waals surface area contributed by atoms with Gasteiger partial charge in [-0.3, -0.25) is 4.79 Å². The lowest BCUT2D eigenvalue weighted by atomic mass is 9.92. The molecule has 0 heterocycles. The van der Waals surface area contributed by atoms with Gasteiger partial charge in [0.05, 0.1) is 0 Å². The second-order valence-electron chi connectivity index (χ2n) is 4.88. The van der Waals surface area contributed by atoms with Crippen LogP contribution in [0.25, 0.3) is 0 Å². The molecule has 0 radical (unpaired) electrons. The highest BCUT2D eigenvalue weighted by Gasteiger charge is 2.13. The Morgan fingerprint density at radius 3 is 2.23 bits per heavy atom. The van der Waals surface area contributed by atoms with Crippen molar-refractivity contribution in [3.05, 3.63) is 0 Å². The molecule has 0 aromatic rings. The van der Waals surface area contributed by atoms with Crippen LogP contribution in [0.4, 0.5) is 0 Å². The highest BCUT2D eigenvalue weighted by atomic mass is 16.2. The Hall–Kier alpha value is -0.530. The van der Waals surface area contributed by atoms with Gasteiger partial charge < -0.3 is 4.90 Å². The third-order valence-corrected chi connectivity index (χ3v) is 2.09. The molecule has 0 aromatic carbocycles. The van der Waals surface area contributed by atoms with Crippen molar-refractivity contribution in [1.29, 1.82) is 0 Å². The molecule has 2 heteroatoms. The Balaban J connectivity index is 3.74. The van der Waals surface area contributed by atoms with Gasteiger partial charge in [0.1, 0.15) is 0 Å². The monoisotopic (exact) mass is 185 g/mol. The Morgan fingerprint density at radius 2 is 1.85 bits per heavy atom. The molecule has 0 aromatic heterocycles. The number of carbonyl (C=O) groups excluding carboxylic acids is 1. The first-order valence-corrected chi connectivity index (χ1v) is 5.11. The zero-order valence-electron chi connectivity index (χ0n) is 9.68. The van der Waals surface area contributed by atoms with Gasteiger partial charge in [-0.1, -0.05) is 27.7 Å². The summed E-state index contributed by atoms with van der Waals surface area (Å²) in [7, 11) is 1.89. The summed E-state index contributed by atoms with van der Waals surface area (Å²) in [6, 6.07) is 0. The quantitative estimate of drug-likeness (QED) is 0.659. The number of hydrogen-bond donors (Lipinski definition) is 0. The topological polar surface area (TPSA) is 20.3 Å². The zero-order chi connectivity index (χ0) is 10.5. The minimum atomic E-state index is 0.270. The van der Waals surface area contributed by atoms with Gasteiger partial charge >= 0.3 is 0 Å². The van der Waals surface area contributed by atoms with Gasteiger partial charge in [0.25, 0.3) is 0 Å². The summed E-state index contributed by atoms with van der Waals surface area (Å²) >= 11 is 0. The fraction of sp³-hybridized carbons (Fsp3) is 0.909. The Morgan fingerprint density at radius 1 is 1.31 bits per heavy atom. The van der Waals surface area contributed by atoms with Gasteiger partial charge in [-0.05, 0) is 18.3 Å². The van der Waals surface area contributed by atoms with Crippen LogP contribution in [0, 0.1) is 5.41 Å². The van der Waals surface area contributed by atoms with E-state index < -0.39 is 0 Å². The van der Waals surface area contributed by atoms with E-state index in [1.54, 1.807) is 0 Å². The zero-order valence-corrected chi connectivity index (χ0v) is 9.68. The van der Waals surface area contributed by atoms with Gasteiger partial charge in [-0.25, -0.2) is 0 Å². The molecule has 0 unspecified atom stereocenters. The number of carbonyl (C=O) groups is 1. The number of amides is 1. The van der Waals surface area contributed by atoms with Crippen molar-refractivity contribution >= 4 is 5.91 Å². The number of nitrogens with zero attached hydrogens (tertiary/aromatic N) is 1. The first kappa shape index (κ1) is 12.5. The number of hydrogen-bond acceptors (Lipinski definition) is 1. The highest BCUT2D eigenvalue weighted by Crippen LogP contribution is 2.18. The molecule has 0 bridgehead atoms. The fourth-order valence-electron chi connectivity index (χ4n) is 1.03. The Labute approximate surface area is 82.3 Å². The molecule has 0 aliphatic rings. The predicted molar refractivity (Wildman–Crippen MR) is 56.6 cm³/mol. The summed E-state index contributed by atoms with van der Waals surface area (Å²) in [5.41, 5.74) is 0.320. The van der Waals surface area contributed by atoms with Gasteiger partial charge in [0.15, 0.2) is 0 Å². The van der Waals surface area contributed by atoms with Gasteiger partial charge in [0.2, 0.25) is 5.91 Å². The van der Waals surface area contributed by atoms with Crippen molar-refractivity contribution in [3.8, 4) is 0 Å².